The fraction of sp³-hybridized carbons (Fsp3) is 0.0435. The third-order valence-corrected chi connectivity index (χ3v) is 5.83. The third-order valence-electron chi connectivity index (χ3n) is 5.60. The van der Waals surface area contributed by atoms with Crippen LogP contribution >= 0.6 is 11.6 Å². The standard InChI is InChI=1S/C23H14ClF2N7O/c24-14-2-1-12(16(25)9-14)11-32-20(5-6-27-32)13-7-17(26)22-21(8-13)33(31-30-22)15-3-4-18-19(10-15)29-23(34)28-18/h1-10H,11H2,(H2,28,29,34). The number of halogens is 3. The lowest BCUT2D eigenvalue weighted by Crippen LogP contribution is -2.06. The van der Waals surface area contributed by atoms with Crippen molar-refractivity contribution in [2.75, 3.05) is 0 Å². The smallest absolute Gasteiger partial charge is 0.306 e. The number of aromatic nitrogens is 7. The topological polar surface area (TPSA) is 97.2 Å². The zero-order chi connectivity index (χ0) is 23.4. The molecule has 6 aromatic rings. The summed E-state index contributed by atoms with van der Waals surface area (Å²) in [7, 11) is 0. The maximum absolute atomic E-state index is 15.0. The minimum absolute atomic E-state index is 0.0984. The second-order valence-electron chi connectivity index (χ2n) is 7.75. The summed E-state index contributed by atoms with van der Waals surface area (Å²) in [5, 5.41) is 12.7. The molecule has 0 radical (unpaired) electrons. The van der Waals surface area contributed by atoms with Crippen molar-refractivity contribution < 1.29 is 8.78 Å². The van der Waals surface area contributed by atoms with Gasteiger partial charge in [-0.25, -0.2) is 18.3 Å². The molecule has 8 nitrogen and oxygen atoms in total. The van der Waals surface area contributed by atoms with Crippen molar-refractivity contribution in [2.45, 2.75) is 6.54 Å². The van der Waals surface area contributed by atoms with Gasteiger partial charge in [-0.2, -0.15) is 5.10 Å². The summed E-state index contributed by atoms with van der Waals surface area (Å²) in [5.41, 5.74) is 3.54. The summed E-state index contributed by atoms with van der Waals surface area (Å²) in [6, 6.07) is 14.4. The first-order valence-corrected chi connectivity index (χ1v) is 10.6. The van der Waals surface area contributed by atoms with Crippen molar-refractivity contribution in [2.24, 2.45) is 0 Å². The molecular formula is C23H14ClF2N7O. The first-order chi connectivity index (χ1) is 16.5. The molecule has 3 aromatic carbocycles. The molecule has 3 heterocycles. The summed E-state index contributed by atoms with van der Waals surface area (Å²) >= 11 is 5.85. The molecule has 0 spiro atoms. The molecule has 0 aliphatic carbocycles. The molecule has 0 atom stereocenters. The number of aromatic amines is 2. The molecule has 0 saturated heterocycles. The highest BCUT2D eigenvalue weighted by molar-refractivity contribution is 6.30. The lowest BCUT2D eigenvalue weighted by Gasteiger charge is -2.10. The summed E-state index contributed by atoms with van der Waals surface area (Å²) in [6.45, 7) is 0.139. The van der Waals surface area contributed by atoms with Crippen molar-refractivity contribution >= 4 is 33.7 Å². The zero-order valence-electron chi connectivity index (χ0n) is 17.3. The van der Waals surface area contributed by atoms with E-state index in [1.807, 2.05) is 0 Å². The van der Waals surface area contributed by atoms with Crippen molar-refractivity contribution in [3.05, 3.63) is 93.5 Å². The summed E-state index contributed by atoms with van der Waals surface area (Å²) < 4.78 is 32.4. The van der Waals surface area contributed by atoms with E-state index in [0.717, 1.165) is 0 Å². The molecule has 0 unspecified atom stereocenters. The zero-order valence-corrected chi connectivity index (χ0v) is 18.0. The highest BCUT2D eigenvalue weighted by atomic mass is 35.5. The lowest BCUT2D eigenvalue weighted by atomic mass is 10.1. The Balaban J connectivity index is 1.45. The number of imidazole rings is 1. The maximum atomic E-state index is 15.0. The first-order valence-electron chi connectivity index (χ1n) is 10.2. The van der Waals surface area contributed by atoms with Gasteiger partial charge in [-0.05, 0) is 48.5 Å². The number of hydrogen-bond donors (Lipinski definition) is 2. The van der Waals surface area contributed by atoms with E-state index in [1.165, 1.54) is 16.8 Å². The van der Waals surface area contributed by atoms with Gasteiger partial charge in [0.25, 0.3) is 0 Å². The van der Waals surface area contributed by atoms with Gasteiger partial charge in [0.2, 0.25) is 0 Å². The second kappa shape index (κ2) is 7.63. The van der Waals surface area contributed by atoms with E-state index in [-0.39, 0.29) is 17.8 Å². The van der Waals surface area contributed by atoms with Crippen molar-refractivity contribution in [1.29, 1.82) is 0 Å². The number of H-pyrrole nitrogens is 2. The van der Waals surface area contributed by atoms with Crippen LogP contribution in [0.4, 0.5) is 8.78 Å². The number of fused-ring (bicyclic) bond motifs is 2. The predicted octanol–water partition coefficient (Wildman–Crippen LogP) is 4.43. The largest absolute Gasteiger partial charge is 0.323 e. The Morgan fingerprint density at radius 1 is 0.941 bits per heavy atom. The number of nitrogens with one attached hydrogen (secondary N) is 2. The van der Waals surface area contributed by atoms with Gasteiger partial charge in [-0.15, -0.1) is 5.10 Å². The van der Waals surface area contributed by atoms with E-state index in [4.69, 9.17) is 11.6 Å². The highest BCUT2D eigenvalue weighted by Crippen LogP contribution is 2.28. The monoisotopic (exact) mass is 477 g/mol. The van der Waals surface area contributed by atoms with Crippen LogP contribution in [0.2, 0.25) is 5.02 Å². The molecule has 34 heavy (non-hydrogen) atoms. The molecular weight excluding hydrogens is 464 g/mol. The van der Waals surface area contributed by atoms with Crippen LogP contribution in [-0.2, 0) is 6.54 Å². The minimum atomic E-state index is -0.555. The van der Waals surface area contributed by atoms with Gasteiger partial charge < -0.3 is 9.97 Å². The van der Waals surface area contributed by atoms with E-state index in [9.17, 15) is 9.18 Å². The van der Waals surface area contributed by atoms with Crippen LogP contribution in [0.3, 0.4) is 0 Å². The van der Waals surface area contributed by atoms with Crippen LogP contribution in [0.1, 0.15) is 5.56 Å². The number of benzene rings is 3. The van der Waals surface area contributed by atoms with Gasteiger partial charge in [0.15, 0.2) is 5.82 Å². The summed E-state index contributed by atoms with van der Waals surface area (Å²) in [5.74, 6) is -1.00. The van der Waals surface area contributed by atoms with Gasteiger partial charge in [0.1, 0.15) is 11.3 Å². The lowest BCUT2D eigenvalue weighted by molar-refractivity contribution is 0.587. The van der Waals surface area contributed by atoms with Crippen LogP contribution in [0.25, 0.3) is 39.0 Å². The second-order valence-corrected chi connectivity index (χ2v) is 8.18. The SMILES string of the molecule is O=c1[nH]c2ccc(-n3nnc4c(F)cc(-c5ccnn5Cc5ccc(Cl)cc5F)cc43)cc2[nH]1. The van der Waals surface area contributed by atoms with E-state index in [1.54, 1.807) is 53.3 Å². The van der Waals surface area contributed by atoms with Gasteiger partial charge in [0.05, 0.1) is 34.5 Å². The summed E-state index contributed by atoms with van der Waals surface area (Å²) in [6.07, 6.45) is 1.57. The van der Waals surface area contributed by atoms with Crippen LogP contribution in [0.5, 0.6) is 0 Å². The maximum Gasteiger partial charge on any atom is 0.323 e. The average molecular weight is 478 g/mol. The minimum Gasteiger partial charge on any atom is -0.306 e. The van der Waals surface area contributed by atoms with Crippen LogP contribution in [-0.4, -0.2) is 34.7 Å². The molecule has 0 saturated carbocycles. The molecule has 0 fully saturated rings. The number of nitrogens with zero attached hydrogens (tertiary/aromatic N) is 5. The Morgan fingerprint density at radius 3 is 2.65 bits per heavy atom. The van der Waals surface area contributed by atoms with E-state index >= 15 is 4.39 Å². The number of rotatable bonds is 4. The Bertz CT molecular complexity index is 1760. The normalized spacial score (nSPS) is 11.6. The van der Waals surface area contributed by atoms with Crippen LogP contribution in [0, 0.1) is 11.6 Å². The van der Waals surface area contributed by atoms with Gasteiger partial charge in [0, 0.05) is 22.3 Å². The predicted molar refractivity (Wildman–Crippen MR) is 123 cm³/mol. The molecule has 2 N–H and O–H groups in total. The molecule has 0 aliphatic rings. The first kappa shape index (κ1) is 20.3. The molecule has 168 valence electrons. The third kappa shape index (κ3) is 3.35. The Morgan fingerprint density at radius 2 is 1.79 bits per heavy atom. The van der Waals surface area contributed by atoms with Crippen molar-refractivity contribution in [1.82, 2.24) is 34.7 Å². The molecule has 0 bridgehead atoms. The van der Waals surface area contributed by atoms with Gasteiger partial charge >= 0.3 is 5.69 Å². The van der Waals surface area contributed by atoms with Crippen LogP contribution < -0.4 is 5.69 Å². The summed E-state index contributed by atoms with van der Waals surface area (Å²) in [4.78, 5) is 17.0. The molecule has 11 heteroatoms. The Hall–Kier alpha value is -4.31. The Kier molecular flexibility index (Phi) is 4.56. The molecule has 3 aromatic heterocycles. The molecule has 0 amide bonds. The average Bonchev–Trinajstić information content (AvgIpc) is 3.52. The van der Waals surface area contributed by atoms with Crippen molar-refractivity contribution in [3.63, 3.8) is 0 Å². The van der Waals surface area contributed by atoms with Gasteiger partial charge in [-0.1, -0.05) is 22.9 Å². The quantitative estimate of drug-likeness (QED) is 0.392. The highest BCUT2D eigenvalue weighted by Gasteiger charge is 2.17. The van der Waals surface area contributed by atoms with E-state index < -0.39 is 11.6 Å². The number of hydrogen-bond acceptors (Lipinski definition) is 4. The fourth-order valence-electron chi connectivity index (χ4n) is 3.99. The molecule has 6 rings (SSSR count). The van der Waals surface area contributed by atoms with Crippen LogP contribution in [0.15, 0.2) is 65.6 Å². The van der Waals surface area contributed by atoms with Gasteiger partial charge in [-0.3, -0.25) is 4.68 Å². The van der Waals surface area contributed by atoms with Crippen molar-refractivity contribution in [3.8, 4) is 16.9 Å². The fourth-order valence-corrected chi connectivity index (χ4v) is 4.15. The molecule has 0 aliphatic heterocycles. The van der Waals surface area contributed by atoms with E-state index in [2.05, 4.69) is 25.4 Å². The Labute approximate surface area is 194 Å². The van der Waals surface area contributed by atoms with E-state index in [0.29, 0.717) is 44.1 Å².